The summed E-state index contributed by atoms with van der Waals surface area (Å²) in [6.07, 6.45) is 3.45. The molecule has 1 aliphatic carbocycles. The summed E-state index contributed by atoms with van der Waals surface area (Å²) in [5.41, 5.74) is -0.109. The largest absolute Gasteiger partial charge is 0.354 e. The van der Waals surface area contributed by atoms with Gasteiger partial charge in [-0.25, -0.2) is 4.39 Å². The fourth-order valence-corrected chi connectivity index (χ4v) is 3.48. The van der Waals surface area contributed by atoms with Crippen LogP contribution in [-0.2, 0) is 10.2 Å². The van der Waals surface area contributed by atoms with Crippen molar-refractivity contribution in [1.29, 1.82) is 0 Å². The Morgan fingerprint density at radius 2 is 1.86 bits per heavy atom. The zero-order valence-electron chi connectivity index (χ0n) is 13.7. The SMILES string of the molecule is CCN(CC)CCNC(=O)C1(c2ccccc2F)CCCC1. The van der Waals surface area contributed by atoms with E-state index in [0.29, 0.717) is 12.1 Å². The molecule has 2 rings (SSSR count). The standard InChI is InChI=1S/C18H27FN2O/c1-3-21(4-2)14-13-20-17(22)18(11-7-8-12-18)15-9-5-6-10-16(15)19/h5-6,9-10H,3-4,7-8,11-14H2,1-2H3,(H,20,22). The van der Waals surface area contributed by atoms with Crippen molar-refractivity contribution in [2.24, 2.45) is 0 Å². The molecule has 1 aliphatic rings. The number of nitrogens with one attached hydrogen (secondary N) is 1. The Morgan fingerprint density at radius 1 is 1.23 bits per heavy atom. The average Bonchev–Trinajstić information content (AvgIpc) is 3.02. The lowest BCUT2D eigenvalue weighted by Crippen LogP contribution is -2.45. The zero-order valence-corrected chi connectivity index (χ0v) is 13.7. The summed E-state index contributed by atoms with van der Waals surface area (Å²) >= 11 is 0. The number of carbonyl (C=O) groups is 1. The fraction of sp³-hybridized carbons (Fsp3) is 0.611. The summed E-state index contributed by atoms with van der Waals surface area (Å²) in [5, 5.41) is 3.04. The van der Waals surface area contributed by atoms with Crippen molar-refractivity contribution >= 4 is 5.91 Å². The number of hydrogen-bond acceptors (Lipinski definition) is 2. The van der Waals surface area contributed by atoms with E-state index in [2.05, 4.69) is 24.1 Å². The molecule has 4 heteroatoms. The van der Waals surface area contributed by atoms with Crippen molar-refractivity contribution in [2.45, 2.75) is 44.9 Å². The molecule has 0 bridgehead atoms. The molecule has 0 aromatic heterocycles. The molecule has 0 atom stereocenters. The van der Waals surface area contributed by atoms with Gasteiger partial charge in [0.05, 0.1) is 5.41 Å². The molecule has 3 nitrogen and oxygen atoms in total. The van der Waals surface area contributed by atoms with E-state index in [9.17, 15) is 9.18 Å². The van der Waals surface area contributed by atoms with Crippen molar-refractivity contribution in [3.05, 3.63) is 35.6 Å². The van der Waals surface area contributed by atoms with Crippen LogP contribution in [0.15, 0.2) is 24.3 Å². The van der Waals surface area contributed by atoms with E-state index < -0.39 is 5.41 Å². The molecule has 0 heterocycles. The third-order valence-corrected chi connectivity index (χ3v) is 4.89. The number of likely N-dealkylation sites (N-methyl/N-ethyl adjacent to an activating group) is 1. The van der Waals surface area contributed by atoms with Gasteiger partial charge in [-0.05, 0) is 32.0 Å². The van der Waals surface area contributed by atoms with Gasteiger partial charge in [0.1, 0.15) is 5.82 Å². The molecule has 1 aromatic carbocycles. The summed E-state index contributed by atoms with van der Waals surface area (Å²) in [4.78, 5) is 15.1. The third kappa shape index (κ3) is 3.49. The van der Waals surface area contributed by atoms with E-state index >= 15 is 0 Å². The van der Waals surface area contributed by atoms with Crippen LogP contribution in [0.3, 0.4) is 0 Å². The van der Waals surface area contributed by atoms with Gasteiger partial charge in [-0.1, -0.05) is 44.9 Å². The second kappa shape index (κ2) is 7.73. The Morgan fingerprint density at radius 3 is 2.45 bits per heavy atom. The maximum atomic E-state index is 14.2. The minimum Gasteiger partial charge on any atom is -0.354 e. The number of nitrogens with zero attached hydrogens (tertiary/aromatic N) is 1. The lowest BCUT2D eigenvalue weighted by Gasteiger charge is -2.29. The van der Waals surface area contributed by atoms with Crippen LogP contribution in [0.2, 0.25) is 0 Å². The van der Waals surface area contributed by atoms with Crippen LogP contribution in [0.1, 0.15) is 45.1 Å². The number of halogens is 1. The van der Waals surface area contributed by atoms with Crippen LogP contribution >= 0.6 is 0 Å². The van der Waals surface area contributed by atoms with Gasteiger partial charge in [0.15, 0.2) is 0 Å². The number of hydrogen-bond donors (Lipinski definition) is 1. The first-order valence-corrected chi connectivity index (χ1v) is 8.39. The van der Waals surface area contributed by atoms with Gasteiger partial charge < -0.3 is 10.2 Å². The summed E-state index contributed by atoms with van der Waals surface area (Å²) in [6.45, 7) is 7.64. The predicted octanol–water partition coefficient (Wildman–Crippen LogP) is 3.10. The lowest BCUT2D eigenvalue weighted by atomic mass is 9.77. The molecular weight excluding hydrogens is 279 g/mol. The van der Waals surface area contributed by atoms with Gasteiger partial charge in [-0.15, -0.1) is 0 Å². The molecule has 0 aliphatic heterocycles. The quantitative estimate of drug-likeness (QED) is 0.839. The smallest absolute Gasteiger partial charge is 0.230 e. The van der Waals surface area contributed by atoms with E-state index in [1.807, 2.05) is 6.07 Å². The monoisotopic (exact) mass is 306 g/mol. The lowest BCUT2D eigenvalue weighted by molar-refractivity contribution is -0.126. The maximum Gasteiger partial charge on any atom is 0.230 e. The van der Waals surface area contributed by atoms with Crippen LogP contribution in [0.5, 0.6) is 0 Å². The number of amides is 1. The molecule has 22 heavy (non-hydrogen) atoms. The Kier molecular flexibility index (Phi) is 5.95. The molecule has 1 amide bonds. The molecule has 122 valence electrons. The Balaban J connectivity index is 2.08. The van der Waals surface area contributed by atoms with E-state index in [0.717, 1.165) is 45.3 Å². The second-order valence-electron chi connectivity index (χ2n) is 6.05. The van der Waals surface area contributed by atoms with Crippen LogP contribution in [0, 0.1) is 5.82 Å². The minimum absolute atomic E-state index is 0.0118. The minimum atomic E-state index is -0.672. The van der Waals surface area contributed by atoms with Gasteiger partial charge in [0.2, 0.25) is 5.91 Å². The van der Waals surface area contributed by atoms with Gasteiger partial charge in [0.25, 0.3) is 0 Å². The summed E-state index contributed by atoms with van der Waals surface area (Å²) in [5.74, 6) is -0.273. The highest BCUT2D eigenvalue weighted by Gasteiger charge is 2.44. The molecule has 1 N–H and O–H groups in total. The van der Waals surface area contributed by atoms with Gasteiger partial charge in [-0.2, -0.15) is 0 Å². The maximum absolute atomic E-state index is 14.2. The second-order valence-corrected chi connectivity index (χ2v) is 6.05. The first-order chi connectivity index (χ1) is 10.6. The molecule has 1 saturated carbocycles. The molecule has 0 unspecified atom stereocenters. The normalized spacial score (nSPS) is 16.9. The summed E-state index contributed by atoms with van der Waals surface area (Å²) < 4.78 is 14.2. The van der Waals surface area contributed by atoms with Crippen molar-refractivity contribution < 1.29 is 9.18 Å². The van der Waals surface area contributed by atoms with E-state index in [1.165, 1.54) is 6.07 Å². The van der Waals surface area contributed by atoms with Crippen LogP contribution in [0.4, 0.5) is 4.39 Å². The van der Waals surface area contributed by atoms with E-state index in [-0.39, 0.29) is 11.7 Å². The molecular formula is C18H27FN2O. The van der Waals surface area contributed by atoms with Crippen LogP contribution < -0.4 is 5.32 Å². The highest BCUT2D eigenvalue weighted by atomic mass is 19.1. The van der Waals surface area contributed by atoms with Crippen molar-refractivity contribution in [3.8, 4) is 0 Å². The van der Waals surface area contributed by atoms with Gasteiger partial charge in [0, 0.05) is 18.7 Å². The molecule has 0 saturated heterocycles. The number of carbonyl (C=O) groups excluding carboxylic acids is 1. The third-order valence-electron chi connectivity index (χ3n) is 4.89. The first kappa shape index (κ1) is 16.9. The van der Waals surface area contributed by atoms with Crippen LogP contribution in [0.25, 0.3) is 0 Å². The first-order valence-electron chi connectivity index (χ1n) is 8.39. The summed E-state index contributed by atoms with van der Waals surface area (Å²) in [6, 6.07) is 6.73. The molecule has 1 fully saturated rings. The predicted molar refractivity (Wildman–Crippen MR) is 87.3 cm³/mol. The molecule has 0 spiro atoms. The van der Waals surface area contributed by atoms with E-state index in [4.69, 9.17) is 0 Å². The molecule has 0 radical (unpaired) electrons. The topological polar surface area (TPSA) is 32.3 Å². The zero-order chi connectivity index (χ0) is 16.0. The van der Waals surface area contributed by atoms with Crippen LogP contribution in [-0.4, -0.2) is 37.0 Å². The average molecular weight is 306 g/mol. The van der Waals surface area contributed by atoms with Gasteiger partial charge in [-0.3, -0.25) is 4.79 Å². The number of benzene rings is 1. The van der Waals surface area contributed by atoms with E-state index in [1.54, 1.807) is 12.1 Å². The van der Waals surface area contributed by atoms with Crippen molar-refractivity contribution in [1.82, 2.24) is 10.2 Å². The molecule has 1 aromatic rings. The Bertz CT molecular complexity index is 494. The fourth-order valence-electron chi connectivity index (χ4n) is 3.48. The Labute approximate surface area is 132 Å². The van der Waals surface area contributed by atoms with Crippen molar-refractivity contribution in [3.63, 3.8) is 0 Å². The highest BCUT2D eigenvalue weighted by molar-refractivity contribution is 5.88. The highest BCUT2D eigenvalue weighted by Crippen LogP contribution is 2.42. The summed E-state index contributed by atoms with van der Waals surface area (Å²) in [7, 11) is 0. The Hall–Kier alpha value is -1.42. The van der Waals surface area contributed by atoms with Crippen molar-refractivity contribution in [2.75, 3.05) is 26.2 Å². The van der Waals surface area contributed by atoms with Gasteiger partial charge >= 0.3 is 0 Å². The number of rotatable bonds is 7.